The molecule has 31 heavy (non-hydrogen) atoms. The predicted molar refractivity (Wildman–Crippen MR) is 120 cm³/mol. The summed E-state index contributed by atoms with van der Waals surface area (Å²) < 4.78 is 36.3. The maximum atomic E-state index is 12.7. The molecule has 164 valence electrons. The minimum Gasteiger partial charge on any atom is -0.497 e. The van der Waals surface area contributed by atoms with Crippen LogP contribution in [0.3, 0.4) is 0 Å². The van der Waals surface area contributed by atoms with E-state index in [0.29, 0.717) is 28.7 Å². The highest BCUT2D eigenvalue weighted by Gasteiger charge is 2.23. The topological polar surface area (TPSA) is 86.5 Å². The number of benzene rings is 2. The third-order valence-electron chi connectivity index (χ3n) is 5.21. The fourth-order valence-corrected chi connectivity index (χ4v) is 4.92. The smallest absolute Gasteiger partial charge is 0.226 e. The van der Waals surface area contributed by atoms with Crippen molar-refractivity contribution in [3.05, 3.63) is 70.6 Å². The molecule has 1 heterocycles. The van der Waals surface area contributed by atoms with E-state index in [1.54, 1.807) is 32.2 Å². The number of sulfone groups is 1. The van der Waals surface area contributed by atoms with E-state index in [4.69, 9.17) is 9.15 Å². The normalized spacial score (nSPS) is 11.5. The number of rotatable bonds is 9. The van der Waals surface area contributed by atoms with E-state index >= 15 is 0 Å². The van der Waals surface area contributed by atoms with Gasteiger partial charge in [-0.15, -0.1) is 0 Å². The Morgan fingerprint density at radius 2 is 1.87 bits per heavy atom. The van der Waals surface area contributed by atoms with E-state index < -0.39 is 15.6 Å². The van der Waals surface area contributed by atoms with Crippen molar-refractivity contribution in [2.24, 2.45) is 0 Å². The number of nitrogens with zero attached hydrogens (tertiary/aromatic N) is 1. The van der Waals surface area contributed by atoms with Gasteiger partial charge in [-0.2, -0.15) is 0 Å². The number of carbonyl (C=O) groups is 1. The molecule has 0 spiro atoms. The number of ketones is 1. The van der Waals surface area contributed by atoms with E-state index in [1.165, 1.54) is 0 Å². The Balaban J connectivity index is 1.74. The van der Waals surface area contributed by atoms with Crippen molar-refractivity contribution >= 4 is 15.6 Å². The van der Waals surface area contributed by atoms with Gasteiger partial charge in [-0.1, -0.05) is 31.2 Å². The third kappa shape index (κ3) is 5.61. The minimum atomic E-state index is -3.69. The lowest BCUT2D eigenvalue weighted by Crippen LogP contribution is -2.20. The summed E-state index contributed by atoms with van der Waals surface area (Å²) in [7, 11) is -2.12. The maximum Gasteiger partial charge on any atom is 0.226 e. The van der Waals surface area contributed by atoms with Gasteiger partial charge in [0.1, 0.15) is 17.3 Å². The van der Waals surface area contributed by atoms with Gasteiger partial charge in [-0.25, -0.2) is 13.4 Å². The zero-order chi connectivity index (χ0) is 22.6. The summed E-state index contributed by atoms with van der Waals surface area (Å²) in [5.41, 5.74) is 3.99. The Kier molecular flexibility index (Phi) is 6.95. The van der Waals surface area contributed by atoms with E-state index in [1.807, 2.05) is 38.1 Å². The molecule has 0 fully saturated rings. The molecule has 0 unspecified atom stereocenters. The summed E-state index contributed by atoms with van der Waals surface area (Å²) in [6, 6.07) is 13.0. The highest BCUT2D eigenvalue weighted by atomic mass is 32.2. The number of oxazole rings is 1. The molecule has 0 amide bonds. The van der Waals surface area contributed by atoms with Crippen molar-refractivity contribution in [2.75, 3.05) is 12.9 Å². The summed E-state index contributed by atoms with van der Waals surface area (Å²) in [6.45, 7) is 5.63. The molecule has 1 aromatic heterocycles. The minimum absolute atomic E-state index is 0.113. The molecule has 0 N–H and O–H groups in total. The van der Waals surface area contributed by atoms with Crippen molar-refractivity contribution in [1.82, 2.24) is 4.98 Å². The van der Waals surface area contributed by atoms with Gasteiger partial charge in [0.15, 0.2) is 15.6 Å². The number of hydrogen-bond donors (Lipinski definition) is 0. The monoisotopic (exact) mass is 441 g/mol. The summed E-state index contributed by atoms with van der Waals surface area (Å²) in [5, 5.41) is 0. The van der Waals surface area contributed by atoms with Crippen molar-refractivity contribution < 1.29 is 22.4 Å². The first-order chi connectivity index (χ1) is 14.7. The average Bonchev–Trinajstić information content (AvgIpc) is 3.08. The largest absolute Gasteiger partial charge is 0.497 e. The first-order valence-corrected chi connectivity index (χ1v) is 11.9. The lowest BCUT2D eigenvalue weighted by atomic mass is 9.96. The van der Waals surface area contributed by atoms with Gasteiger partial charge in [0.25, 0.3) is 0 Å². The summed E-state index contributed by atoms with van der Waals surface area (Å²) >= 11 is 0. The molecule has 7 heteroatoms. The molecule has 0 saturated carbocycles. The summed E-state index contributed by atoms with van der Waals surface area (Å²) in [4.78, 5) is 16.9. The summed E-state index contributed by atoms with van der Waals surface area (Å²) in [6.07, 6.45) is 0.907. The lowest BCUT2D eigenvalue weighted by molar-refractivity contribution is -0.116. The van der Waals surface area contributed by atoms with Crippen LogP contribution in [0.1, 0.15) is 35.1 Å². The van der Waals surface area contributed by atoms with E-state index in [9.17, 15) is 13.2 Å². The van der Waals surface area contributed by atoms with E-state index in [0.717, 1.165) is 23.1 Å². The molecule has 3 aromatic rings. The maximum absolute atomic E-state index is 12.7. The predicted octanol–water partition coefficient (Wildman–Crippen LogP) is 4.26. The Labute approximate surface area is 183 Å². The van der Waals surface area contributed by atoms with Gasteiger partial charge >= 0.3 is 0 Å². The Bertz CT molecular complexity index is 1190. The molecule has 2 aromatic carbocycles. The lowest BCUT2D eigenvalue weighted by Gasteiger charge is -2.11. The van der Waals surface area contributed by atoms with Gasteiger partial charge in [0, 0.05) is 12.0 Å². The number of aromatic nitrogens is 1. The third-order valence-corrected chi connectivity index (χ3v) is 6.68. The number of Topliss-reactive ketones (excluding diaryl/α,β-unsaturated/α-hetero) is 1. The Morgan fingerprint density at radius 1 is 1.13 bits per heavy atom. The molecule has 6 nitrogen and oxygen atoms in total. The van der Waals surface area contributed by atoms with Crippen LogP contribution < -0.4 is 4.74 Å². The van der Waals surface area contributed by atoms with Crippen LogP contribution in [0.15, 0.2) is 46.9 Å². The molecule has 0 atom stereocenters. The number of ether oxygens (including phenoxy) is 1. The molecular formula is C24H27NO5S. The second-order valence-electron chi connectivity index (χ2n) is 7.57. The van der Waals surface area contributed by atoms with E-state index in [-0.39, 0.29) is 18.0 Å². The van der Waals surface area contributed by atoms with Gasteiger partial charge in [-0.3, -0.25) is 4.79 Å². The second kappa shape index (κ2) is 9.47. The molecule has 0 aliphatic rings. The van der Waals surface area contributed by atoms with Crippen molar-refractivity contribution in [3.8, 4) is 17.2 Å². The van der Waals surface area contributed by atoms with Crippen LogP contribution in [0.4, 0.5) is 0 Å². The Morgan fingerprint density at radius 3 is 2.58 bits per heavy atom. The van der Waals surface area contributed by atoms with Gasteiger partial charge in [-0.05, 0) is 55.2 Å². The van der Waals surface area contributed by atoms with Crippen LogP contribution in [0.25, 0.3) is 11.5 Å². The van der Waals surface area contributed by atoms with E-state index in [2.05, 4.69) is 4.98 Å². The van der Waals surface area contributed by atoms with Crippen LogP contribution in [0.2, 0.25) is 0 Å². The fraction of sp³-hybridized carbons (Fsp3) is 0.333. The van der Waals surface area contributed by atoms with Gasteiger partial charge < -0.3 is 9.15 Å². The number of carbonyl (C=O) groups excluding carboxylic acids is 1. The number of hydrogen-bond acceptors (Lipinski definition) is 6. The van der Waals surface area contributed by atoms with Crippen molar-refractivity contribution in [1.29, 1.82) is 0 Å². The number of methoxy groups -OCH3 is 1. The molecule has 0 saturated heterocycles. The van der Waals surface area contributed by atoms with Crippen molar-refractivity contribution in [3.63, 3.8) is 0 Å². The average molecular weight is 442 g/mol. The van der Waals surface area contributed by atoms with Crippen LogP contribution in [-0.4, -0.2) is 32.0 Å². The first kappa shape index (κ1) is 22.7. The van der Waals surface area contributed by atoms with Crippen molar-refractivity contribution in [2.45, 2.75) is 39.4 Å². The zero-order valence-electron chi connectivity index (χ0n) is 18.3. The molecule has 0 bridgehead atoms. The molecule has 0 radical (unpaired) electrons. The highest BCUT2D eigenvalue weighted by molar-refractivity contribution is 7.91. The van der Waals surface area contributed by atoms with Crippen LogP contribution in [-0.2, 0) is 33.2 Å². The molecule has 0 aliphatic carbocycles. The fourth-order valence-electron chi connectivity index (χ4n) is 3.54. The summed E-state index contributed by atoms with van der Waals surface area (Å²) in [5.74, 6) is 0.202. The molecular weight excluding hydrogens is 414 g/mol. The van der Waals surface area contributed by atoms with Crippen LogP contribution in [0, 0.1) is 13.8 Å². The number of aryl methyl sites for hydroxylation is 3. The first-order valence-electron chi connectivity index (χ1n) is 10.1. The SMILES string of the molecule is CCc1cccc(C)c1CC(=O)CS(=O)(=O)Cc1nc(-c2cccc(OC)c2)oc1C. The highest BCUT2D eigenvalue weighted by Crippen LogP contribution is 2.26. The molecule has 0 aliphatic heterocycles. The van der Waals surface area contributed by atoms with Crippen LogP contribution >= 0.6 is 0 Å². The Hall–Kier alpha value is -2.93. The van der Waals surface area contributed by atoms with Gasteiger partial charge in [0.2, 0.25) is 5.89 Å². The zero-order valence-corrected chi connectivity index (χ0v) is 19.1. The quantitative estimate of drug-likeness (QED) is 0.493. The van der Waals surface area contributed by atoms with Crippen LogP contribution in [0.5, 0.6) is 5.75 Å². The standard InChI is InChI=1S/C24H27NO5S/c1-5-18-9-6-8-16(2)22(18)13-20(26)14-31(27,28)15-23-17(3)30-24(25-23)19-10-7-11-21(12-19)29-4/h6-12H,5,13-15H2,1-4H3. The van der Waals surface area contributed by atoms with Gasteiger partial charge in [0.05, 0.1) is 18.6 Å². The second-order valence-corrected chi connectivity index (χ2v) is 9.63. The molecule has 3 rings (SSSR count).